The molecule has 0 unspecified atom stereocenters. The number of likely N-dealkylation sites (tertiary alicyclic amines) is 1. The lowest BCUT2D eigenvalue weighted by atomic mass is 10.2. The first-order valence-corrected chi connectivity index (χ1v) is 7.72. The summed E-state index contributed by atoms with van der Waals surface area (Å²) in [6.45, 7) is 8.05. The fraction of sp³-hybridized carbons (Fsp3) is 0.600. The highest BCUT2D eigenvalue weighted by molar-refractivity contribution is 5.73. The van der Waals surface area contributed by atoms with Gasteiger partial charge in [0.25, 0.3) is 0 Å². The second-order valence-electron chi connectivity index (χ2n) is 5.98. The lowest BCUT2D eigenvalue weighted by Gasteiger charge is -2.26. The van der Waals surface area contributed by atoms with Gasteiger partial charge in [0.15, 0.2) is 5.82 Å². The van der Waals surface area contributed by atoms with Crippen LogP contribution in [0.4, 0.5) is 0 Å². The quantitative estimate of drug-likeness (QED) is 0.820. The van der Waals surface area contributed by atoms with Gasteiger partial charge < -0.3 is 13.9 Å². The number of aryl methyl sites for hydroxylation is 2. The summed E-state index contributed by atoms with van der Waals surface area (Å²) >= 11 is 0. The van der Waals surface area contributed by atoms with E-state index < -0.39 is 0 Å². The van der Waals surface area contributed by atoms with Crippen LogP contribution in [-0.4, -0.2) is 50.1 Å². The molecule has 124 valence electrons. The molecule has 8 nitrogen and oxygen atoms in total. The second-order valence-corrected chi connectivity index (χ2v) is 5.98. The topological polar surface area (TPSA) is 88.5 Å². The van der Waals surface area contributed by atoms with Gasteiger partial charge in [-0.05, 0) is 13.3 Å². The molecule has 0 radical (unpaired) electrons. The molecule has 0 aromatic carbocycles. The maximum absolute atomic E-state index is 12.0. The van der Waals surface area contributed by atoms with Crippen molar-refractivity contribution in [2.24, 2.45) is 0 Å². The number of rotatable bonds is 5. The smallest absolute Gasteiger partial charge is 0.223 e. The highest BCUT2D eigenvalue weighted by Gasteiger charge is 2.30. The predicted molar refractivity (Wildman–Crippen MR) is 80.2 cm³/mol. The molecule has 1 amide bonds. The van der Waals surface area contributed by atoms with Crippen molar-refractivity contribution in [1.82, 2.24) is 25.1 Å². The number of carbonyl (C=O) groups excluding carboxylic acids is 1. The van der Waals surface area contributed by atoms with E-state index in [4.69, 9.17) is 9.05 Å². The molecule has 0 aliphatic carbocycles. The Kier molecular flexibility index (Phi) is 4.42. The molecule has 23 heavy (non-hydrogen) atoms. The molecule has 0 saturated carbocycles. The second kappa shape index (κ2) is 6.49. The molecule has 3 heterocycles. The Hall–Kier alpha value is -2.22. The molecule has 0 spiro atoms. The summed E-state index contributed by atoms with van der Waals surface area (Å²) in [6.07, 6.45) is 0.924. The Balaban J connectivity index is 1.61. The van der Waals surface area contributed by atoms with Crippen LogP contribution in [0.15, 0.2) is 15.1 Å². The van der Waals surface area contributed by atoms with Crippen molar-refractivity contribution in [2.75, 3.05) is 13.1 Å². The van der Waals surface area contributed by atoms with E-state index in [0.29, 0.717) is 18.3 Å². The summed E-state index contributed by atoms with van der Waals surface area (Å²) < 4.78 is 10.1. The molecule has 1 atom stereocenters. The zero-order chi connectivity index (χ0) is 16.4. The minimum absolute atomic E-state index is 0.0246. The van der Waals surface area contributed by atoms with E-state index >= 15 is 0 Å². The summed E-state index contributed by atoms with van der Waals surface area (Å²) in [5.74, 6) is 1.89. The predicted octanol–water partition coefficient (Wildman–Crippen LogP) is 1.30. The molecular formula is C15H21N5O3. The lowest BCUT2D eigenvalue weighted by molar-refractivity contribution is -0.131. The van der Waals surface area contributed by atoms with E-state index in [2.05, 4.69) is 20.2 Å². The van der Waals surface area contributed by atoms with Gasteiger partial charge in [-0.2, -0.15) is 4.98 Å². The third kappa shape index (κ3) is 3.76. The van der Waals surface area contributed by atoms with Crippen molar-refractivity contribution in [3.05, 3.63) is 29.2 Å². The van der Waals surface area contributed by atoms with Crippen molar-refractivity contribution in [2.45, 2.75) is 46.3 Å². The first kappa shape index (κ1) is 15.7. The Morgan fingerprint density at radius 3 is 2.83 bits per heavy atom. The monoisotopic (exact) mass is 319 g/mol. The SMILES string of the molecule is CC(=O)N(Cc1noc(C)n1)[C@@H]1CCN(Cc2cc(C)on2)C1. The van der Waals surface area contributed by atoms with Gasteiger partial charge in [0, 0.05) is 45.6 Å². The summed E-state index contributed by atoms with van der Waals surface area (Å²) in [5, 5.41) is 7.91. The molecular weight excluding hydrogens is 298 g/mol. The molecule has 2 aromatic rings. The van der Waals surface area contributed by atoms with Gasteiger partial charge in [0.1, 0.15) is 5.76 Å². The Bertz CT molecular complexity index is 680. The molecule has 0 bridgehead atoms. The number of nitrogens with zero attached hydrogens (tertiary/aromatic N) is 5. The summed E-state index contributed by atoms with van der Waals surface area (Å²) in [6, 6.07) is 2.09. The van der Waals surface area contributed by atoms with Gasteiger partial charge in [0.2, 0.25) is 11.8 Å². The maximum Gasteiger partial charge on any atom is 0.223 e. The number of aromatic nitrogens is 3. The van der Waals surface area contributed by atoms with E-state index in [-0.39, 0.29) is 11.9 Å². The number of hydrogen-bond acceptors (Lipinski definition) is 7. The van der Waals surface area contributed by atoms with Gasteiger partial charge in [-0.25, -0.2) is 0 Å². The molecule has 1 aliphatic rings. The molecule has 1 aliphatic heterocycles. The Labute approximate surface area is 134 Å². The first-order valence-electron chi connectivity index (χ1n) is 7.72. The van der Waals surface area contributed by atoms with Crippen LogP contribution in [0.25, 0.3) is 0 Å². The zero-order valence-electron chi connectivity index (χ0n) is 13.7. The van der Waals surface area contributed by atoms with Gasteiger partial charge in [0.05, 0.1) is 12.2 Å². The van der Waals surface area contributed by atoms with Crippen molar-refractivity contribution in [3.63, 3.8) is 0 Å². The van der Waals surface area contributed by atoms with Crippen LogP contribution in [0.2, 0.25) is 0 Å². The van der Waals surface area contributed by atoms with Crippen molar-refractivity contribution in [3.8, 4) is 0 Å². The summed E-state index contributed by atoms with van der Waals surface area (Å²) in [5.41, 5.74) is 0.923. The van der Waals surface area contributed by atoms with Crippen LogP contribution >= 0.6 is 0 Å². The van der Waals surface area contributed by atoms with Crippen molar-refractivity contribution < 1.29 is 13.8 Å². The third-order valence-corrected chi connectivity index (χ3v) is 4.04. The van der Waals surface area contributed by atoms with Crippen LogP contribution < -0.4 is 0 Å². The Morgan fingerprint density at radius 2 is 2.22 bits per heavy atom. The third-order valence-electron chi connectivity index (χ3n) is 4.04. The van der Waals surface area contributed by atoms with Crippen LogP contribution in [0.3, 0.4) is 0 Å². The minimum atomic E-state index is 0.0246. The zero-order valence-corrected chi connectivity index (χ0v) is 13.7. The highest BCUT2D eigenvalue weighted by atomic mass is 16.5. The minimum Gasteiger partial charge on any atom is -0.361 e. The van der Waals surface area contributed by atoms with Gasteiger partial charge >= 0.3 is 0 Å². The Morgan fingerprint density at radius 1 is 1.39 bits per heavy atom. The average molecular weight is 319 g/mol. The maximum atomic E-state index is 12.0. The summed E-state index contributed by atoms with van der Waals surface area (Å²) in [7, 11) is 0. The standard InChI is InChI=1S/C15H21N5O3/c1-10-6-13(17-22-10)7-19-5-4-14(8-19)20(12(3)21)9-15-16-11(2)23-18-15/h6,14H,4-5,7-9H2,1-3H3/t14-/m1/s1. The lowest BCUT2D eigenvalue weighted by Crippen LogP contribution is -2.40. The molecule has 1 saturated heterocycles. The van der Waals surface area contributed by atoms with Gasteiger partial charge in [-0.1, -0.05) is 10.3 Å². The van der Waals surface area contributed by atoms with E-state index in [0.717, 1.165) is 37.5 Å². The van der Waals surface area contributed by atoms with Crippen molar-refractivity contribution in [1.29, 1.82) is 0 Å². The van der Waals surface area contributed by atoms with Gasteiger partial charge in [-0.3, -0.25) is 9.69 Å². The molecule has 3 rings (SSSR count). The van der Waals surface area contributed by atoms with E-state index in [9.17, 15) is 4.79 Å². The normalized spacial score (nSPS) is 18.5. The van der Waals surface area contributed by atoms with Crippen LogP contribution in [0.1, 0.15) is 36.5 Å². The first-order chi connectivity index (χ1) is 11.0. The fourth-order valence-corrected chi connectivity index (χ4v) is 2.99. The largest absolute Gasteiger partial charge is 0.361 e. The van der Waals surface area contributed by atoms with Crippen molar-refractivity contribution >= 4 is 5.91 Å². The van der Waals surface area contributed by atoms with Gasteiger partial charge in [-0.15, -0.1) is 0 Å². The number of amides is 1. The van der Waals surface area contributed by atoms with Crippen LogP contribution in [0, 0.1) is 13.8 Å². The number of hydrogen-bond donors (Lipinski definition) is 0. The molecule has 0 N–H and O–H groups in total. The van der Waals surface area contributed by atoms with Crippen LogP contribution in [-0.2, 0) is 17.9 Å². The summed E-state index contributed by atoms with van der Waals surface area (Å²) in [4.78, 5) is 20.3. The molecule has 1 fully saturated rings. The molecule has 2 aromatic heterocycles. The van der Waals surface area contributed by atoms with E-state index in [1.54, 1.807) is 13.8 Å². The van der Waals surface area contributed by atoms with Crippen LogP contribution in [0.5, 0.6) is 0 Å². The molecule has 8 heteroatoms. The van der Waals surface area contributed by atoms with E-state index in [1.165, 1.54) is 0 Å². The number of carbonyl (C=O) groups is 1. The highest BCUT2D eigenvalue weighted by Crippen LogP contribution is 2.20. The fourth-order valence-electron chi connectivity index (χ4n) is 2.99. The average Bonchev–Trinajstić information content (AvgIpc) is 3.19. The van der Waals surface area contributed by atoms with E-state index in [1.807, 2.05) is 17.9 Å².